The van der Waals surface area contributed by atoms with Crippen molar-refractivity contribution < 1.29 is 18.6 Å². The number of benzene rings is 2. The standard InChI is InChI=1S/C27H23N5O4S/c28-15-17-6-8-18(9-7-17)32-25-22-12-13-31(37(35,36)20-4-2-1-3-5-20)26(22)29-16-23(25)30-27(32)21-11-10-19(33)14-24(21)34/h1-5,10-14,16-18,33-34H,6-9H2/t17-,18-. The Hall–Kier alpha value is -4.36. The second kappa shape index (κ2) is 8.64. The first kappa shape index (κ1) is 23.1. The summed E-state index contributed by atoms with van der Waals surface area (Å²) in [6, 6.07) is 16.6. The van der Waals surface area contributed by atoms with Crippen molar-refractivity contribution in [2.45, 2.75) is 36.6 Å². The van der Waals surface area contributed by atoms with E-state index in [1.165, 1.54) is 22.3 Å². The van der Waals surface area contributed by atoms with Crippen LogP contribution in [0.5, 0.6) is 11.5 Å². The lowest BCUT2D eigenvalue weighted by atomic mass is 9.86. The average Bonchev–Trinajstić information content (AvgIpc) is 3.51. The van der Waals surface area contributed by atoms with Crippen LogP contribution >= 0.6 is 0 Å². The van der Waals surface area contributed by atoms with Gasteiger partial charge in [0.1, 0.15) is 22.8 Å². The van der Waals surface area contributed by atoms with Crippen LogP contribution in [0.3, 0.4) is 0 Å². The Labute approximate surface area is 212 Å². The normalized spacial score (nSPS) is 18.2. The molecule has 0 spiro atoms. The minimum absolute atomic E-state index is 0.00431. The highest BCUT2D eigenvalue weighted by atomic mass is 32.2. The van der Waals surface area contributed by atoms with Gasteiger partial charge >= 0.3 is 0 Å². The number of fused-ring (bicyclic) bond motifs is 3. The number of imidazole rings is 1. The number of phenolic OH excluding ortho intramolecular Hbond substituents is 2. The maximum Gasteiger partial charge on any atom is 0.269 e. The predicted molar refractivity (Wildman–Crippen MR) is 137 cm³/mol. The number of hydrogen-bond acceptors (Lipinski definition) is 7. The van der Waals surface area contributed by atoms with E-state index in [-0.39, 0.29) is 34.0 Å². The Kier molecular flexibility index (Phi) is 5.38. The van der Waals surface area contributed by atoms with Crippen molar-refractivity contribution in [1.82, 2.24) is 18.5 Å². The molecule has 0 bridgehead atoms. The lowest BCUT2D eigenvalue weighted by Gasteiger charge is -2.28. The van der Waals surface area contributed by atoms with Crippen LogP contribution in [0.2, 0.25) is 0 Å². The molecule has 1 saturated carbocycles. The molecule has 186 valence electrons. The fraction of sp³-hybridized carbons (Fsp3) is 0.222. The predicted octanol–water partition coefficient (Wildman–Crippen LogP) is 4.96. The summed E-state index contributed by atoms with van der Waals surface area (Å²) in [5, 5.41) is 30.5. The highest BCUT2D eigenvalue weighted by Gasteiger charge is 2.29. The van der Waals surface area contributed by atoms with Gasteiger partial charge in [-0.25, -0.2) is 22.4 Å². The molecule has 0 amide bonds. The third-order valence-corrected chi connectivity index (χ3v) is 8.78. The largest absolute Gasteiger partial charge is 0.508 e. The van der Waals surface area contributed by atoms with E-state index in [0.29, 0.717) is 22.3 Å². The summed E-state index contributed by atoms with van der Waals surface area (Å²) >= 11 is 0. The first-order valence-corrected chi connectivity index (χ1v) is 13.4. The minimum Gasteiger partial charge on any atom is -0.508 e. The van der Waals surface area contributed by atoms with Gasteiger partial charge in [0, 0.05) is 29.6 Å². The fourth-order valence-electron chi connectivity index (χ4n) is 5.27. The van der Waals surface area contributed by atoms with Crippen LogP contribution in [0.15, 0.2) is 71.9 Å². The number of phenols is 2. The minimum atomic E-state index is -3.88. The van der Waals surface area contributed by atoms with E-state index in [2.05, 4.69) is 11.1 Å². The molecule has 1 fully saturated rings. The van der Waals surface area contributed by atoms with E-state index in [1.807, 2.05) is 4.57 Å². The zero-order chi connectivity index (χ0) is 25.7. The van der Waals surface area contributed by atoms with Gasteiger partial charge in [-0.2, -0.15) is 5.26 Å². The third kappa shape index (κ3) is 3.70. The highest BCUT2D eigenvalue weighted by molar-refractivity contribution is 7.90. The zero-order valence-corrected chi connectivity index (χ0v) is 20.5. The fourth-order valence-corrected chi connectivity index (χ4v) is 6.59. The van der Waals surface area contributed by atoms with Crippen LogP contribution in [-0.4, -0.2) is 37.1 Å². The second-order valence-corrected chi connectivity index (χ2v) is 11.1. The van der Waals surface area contributed by atoms with Crippen LogP contribution in [0.25, 0.3) is 33.5 Å². The summed E-state index contributed by atoms with van der Waals surface area (Å²) < 4.78 is 30.1. The molecule has 37 heavy (non-hydrogen) atoms. The Morgan fingerprint density at radius 3 is 2.46 bits per heavy atom. The summed E-state index contributed by atoms with van der Waals surface area (Å²) in [5.74, 6) is 0.317. The average molecular weight is 514 g/mol. The SMILES string of the molecule is N#C[C@H]1CC[C@H](n2c(-c3ccc(O)cc3O)nc3cnc4c(ccn4S(=O)(=O)c4ccccc4)c32)CC1. The van der Waals surface area contributed by atoms with Crippen LogP contribution in [-0.2, 0) is 10.0 Å². The number of rotatable bonds is 4. The molecule has 0 unspecified atom stereocenters. The molecule has 0 atom stereocenters. The molecule has 0 radical (unpaired) electrons. The quantitative estimate of drug-likeness (QED) is 0.347. The Morgan fingerprint density at radius 2 is 1.76 bits per heavy atom. The summed E-state index contributed by atoms with van der Waals surface area (Å²) in [4.78, 5) is 9.44. The van der Waals surface area contributed by atoms with E-state index in [0.717, 1.165) is 31.2 Å². The van der Waals surface area contributed by atoms with Crippen LogP contribution < -0.4 is 0 Å². The van der Waals surface area contributed by atoms with Gasteiger partial charge in [-0.1, -0.05) is 18.2 Å². The number of aromatic hydroxyl groups is 2. The number of pyridine rings is 1. The van der Waals surface area contributed by atoms with Crippen LogP contribution in [0.4, 0.5) is 0 Å². The van der Waals surface area contributed by atoms with Crippen molar-refractivity contribution in [3.8, 4) is 29.0 Å². The van der Waals surface area contributed by atoms with E-state index in [4.69, 9.17) is 4.98 Å². The van der Waals surface area contributed by atoms with Crippen LogP contribution in [0.1, 0.15) is 31.7 Å². The van der Waals surface area contributed by atoms with Gasteiger partial charge in [0.25, 0.3) is 10.0 Å². The molecule has 3 heterocycles. The zero-order valence-electron chi connectivity index (χ0n) is 19.7. The van der Waals surface area contributed by atoms with E-state index >= 15 is 0 Å². The highest BCUT2D eigenvalue weighted by Crippen LogP contribution is 2.42. The van der Waals surface area contributed by atoms with E-state index in [1.54, 1.807) is 48.7 Å². The first-order valence-electron chi connectivity index (χ1n) is 12.0. The number of nitriles is 1. The van der Waals surface area contributed by atoms with Gasteiger partial charge in [0.2, 0.25) is 0 Å². The molecular formula is C27H23N5O4S. The Morgan fingerprint density at radius 1 is 1.00 bits per heavy atom. The van der Waals surface area contributed by atoms with E-state index < -0.39 is 10.0 Å². The van der Waals surface area contributed by atoms with Crippen molar-refractivity contribution >= 4 is 32.1 Å². The summed E-state index contributed by atoms with van der Waals surface area (Å²) in [7, 11) is -3.88. The topological polar surface area (TPSA) is 134 Å². The second-order valence-electron chi connectivity index (χ2n) is 9.30. The molecule has 2 N–H and O–H groups in total. The third-order valence-electron chi connectivity index (χ3n) is 7.10. The molecule has 5 aromatic rings. The number of hydrogen-bond donors (Lipinski definition) is 2. The maximum absolute atomic E-state index is 13.4. The van der Waals surface area contributed by atoms with Gasteiger partial charge in [-0.05, 0) is 56.0 Å². The molecule has 6 rings (SSSR count). The van der Waals surface area contributed by atoms with E-state index in [9.17, 15) is 23.9 Å². The molecule has 2 aromatic carbocycles. The smallest absolute Gasteiger partial charge is 0.269 e. The van der Waals surface area contributed by atoms with Crippen molar-refractivity contribution in [3.05, 3.63) is 67.0 Å². The van der Waals surface area contributed by atoms with Crippen molar-refractivity contribution in [2.24, 2.45) is 5.92 Å². The summed E-state index contributed by atoms with van der Waals surface area (Å²) in [6.07, 6.45) is 6.00. The van der Waals surface area contributed by atoms with Gasteiger partial charge < -0.3 is 14.8 Å². The van der Waals surface area contributed by atoms with Gasteiger partial charge in [0.05, 0.1) is 28.2 Å². The summed E-state index contributed by atoms with van der Waals surface area (Å²) in [6.45, 7) is 0. The molecular weight excluding hydrogens is 490 g/mol. The molecule has 9 nitrogen and oxygen atoms in total. The Bertz CT molecular complexity index is 1790. The lowest BCUT2D eigenvalue weighted by molar-refractivity contribution is 0.320. The van der Waals surface area contributed by atoms with Gasteiger partial charge in [0.15, 0.2) is 5.65 Å². The molecule has 10 heteroatoms. The molecule has 1 aliphatic carbocycles. The maximum atomic E-state index is 13.4. The molecule has 1 aliphatic rings. The van der Waals surface area contributed by atoms with Gasteiger partial charge in [-0.15, -0.1) is 0 Å². The number of nitrogens with zero attached hydrogens (tertiary/aromatic N) is 5. The Balaban J connectivity index is 1.60. The molecule has 3 aromatic heterocycles. The monoisotopic (exact) mass is 513 g/mol. The molecule has 0 aliphatic heterocycles. The lowest BCUT2D eigenvalue weighted by Crippen LogP contribution is -2.18. The first-order chi connectivity index (χ1) is 17.9. The van der Waals surface area contributed by atoms with Crippen LogP contribution in [0, 0.1) is 17.2 Å². The number of aromatic nitrogens is 4. The van der Waals surface area contributed by atoms with Crippen molar-refractivity contribution in [2.75, 3.05) is 0 Å². The van der Waals surface area contributed by atoms with Crippen molar-refractivity contribution in [3.63, 3.8) is 0 Å². The van der Waals surface area contributed by atoms with Gasteiger partial charge in [-0.3, -0.25) is 0 Å². The molecule has 0 saturated heterocycles. The summed E-state index contributed by atoms with van der Waals surface area (Å²) in [5.41, 5.74) is 2.01. The van der Waals surface area contributed by atoms with Crippen molar-refractivity contribution in [1.29, 1.82) is 5.26 Å².